The third kappa shape index (κ3) is 5.04. The van der Waals surface area contributed by atoms with Crippen molar-refractivity contribution >= 4 is 11.6 Å². The van der Waals surface area contributed by atoms with E-state index < -0.39 is 0 Å². The summed E-state index contributed by atoms with van der Waals surface area (Å²) in [6.45, 7) is 3.91. The van der Waals surface area contributed by atoms with Gasteiger partial charge in [-0.2, -0.15) is 4.98 Å². The fourth-order valence-corrected chi connectivity index (χ4v) is 1.08. The first-order valence-corrected chi connectivity index (χ1v) is 5.61. The maximum Gasteiger partial charge on any atom is 0.393 e. The molecule has 0 amide bonds. The van der Waals surface area contributed by atoms with Crippen molar-refractivity contribution in [3.8, 4) is 6.08 Å². The van der Waals surface area contributed by atoms with E-state index >= 15 is 0 Å². The number of alkyl halides is 1. The Labute approximate surface area is 94.5 Å². The molecular weight excluding hydrogens is 218 g/mol. The Balaban J connectivity index is 2.04. The van der Waals surface area contributed by atoms with Crippen LogP contribution in [0.15, 0.2) is 10.7 Å². The van der Waals surface area contributed by atoms with Crippen molar-refractivity contribution in [2.24, 2.45) is 0 Å². The summed E-state index contributed by atoms with van der Waals surface area (Å²) in [7, 11) is 0. The van der Waals surface area contributed by atoms with E-state index in [1.54, 1.807) is 0 Å². The Hall–Kier alpha value is -0.740. The van der Waals surface area contributed by atoms with Crippen LogP contribution in [0.3, 0.4) is 0 Å². The molecule has 0 unspecified atom stereocenters. The van der Waals surface area contributed by atoms with Crippen molar-refractivity contribution in [3.05, 3.63) is 12.0 Å². The lowest BCUT2D eigenvalue weighted by atomic mass is 10.4. The minimum absolute atomic E-state index is 0.254. The molecule has 0 saturated heterocycles. The molecule has 0 bridgehead atoms. The molecular formula is C10H16ClNO3. The zero-order chi connectivity index (χ0) is 10.9. The maximum atomic E-state index is 5.56. The molecule has 1 heterocycles. The van der Waals surface area contributed by atoms with E-state index in [9.17, 15) is 0 Å². The van der Waals surface area contributed by atoms with Crippen LogP contribution in [-0.2, 0) is 10.6 Å². The standard InChI is InChI=1S/C10H16ClNO3/c1-2-3-4-13-5-6-14-10-12-9(7-11)8-15-10/h8H,2-7H2,1H3. The lowest BCUT2D eigenvalue weighted by Crippen LogP contribution is -2.07. The molecule has 15 heavy (non-hydrogen) atoms. The largest absolute Gasteiger partial charge is 0.448 e. The minimum Gasteiger partial charge on any atom is -0.448 e. The number of aromatic nitrogens is 1. The first-order valence-electron chi connectivity index (χ1n) is 5.07. The van der Waals surface area contributed by atoms with Crippen LogP contribution in [0, 0.1) is 0 Å². The average Bonchev–Trinajstić information content (AvgIpc) is 2.71. The van der Waals surface area contributed by atoms with Gasteiger partial charge in [0.25, 0.3) is 0 Å². The number of unbranched alkanes of at least 4 members (excludes halogenated alkanes) is 1. The number of rotatable bonds is 8. The van der Waals surface area contributed by atoms with E-state index in [1.165, 1.54) is 6.26 Å². The number of halogens is 1. The van der Waals surface area contributed by atoms with Gasteiger partial charge in [-0.25, -0.2) is 0 Å². The van der Waals surface area contributed by atoms with Gasteiger partial charge >= 0.3 is 6.08 Å². The molecule has 5 heteroatoms. The van der Waals surface area contributed by atoms with Crippen LogP contribution in [0.2, 0.25) is 0 Å². The van der Waals surface area contributed by atoms with Gasteiger partial charge in [-0.3, -0.25) is 0 Å². The van der Waals surface area contributed by atoms with Gasteiger partial charge in [0.2, 0.25) is 0 Å². The summed E-state index contributed by atoms with van der Waals surface area (Å²) in [4.78, 5) is 3.99. The van der Waals surface area contributed by atoms with Gasteiger partial charge in [0.1, 0.15) is 12.9 Å². The lowest BCUT2D eigenvalue weighted by molar-refractivity contribution is 0.0864. The molecule has 0 fully saturated rings. The van der Waals surface area contributed by atoms with E-state index in [0.29, 0.717) is 24.8 Å². The SMILES string of the molecule is CCCCOCCOc1nc(CCl)co1. The predicted octanol–water partition coefficient (Wildman–Crippen LogP) is 2.61. The van der Waals surface area contributed by atoms with Crippen molar-refractivity contribution in [1.29, 1.82) is 0 Å². The van der Waals surface area contributed by atoms with E-state index in [4.69, 9.17) is 25.5 Å². The Morgan fingerprint density at radius 3 is 2.93 bits per heavy atom. The van der Waals surface area contributed by atoms with Crippen LogP contribution in [0.5, 0.6) is 6.08 Å². The molecule has 86 valence electrons. The fourth-order valence-electron chi connectivity index (χ4n) is 0.952. The van der Waals surface area contributed by atoms with Gasteiger partial charge < -0.3 is 13.9 Å². The van der Waals surface area contributed by atoms with Gasteiger partial charge in [0.05, 0.1) is 18.2 Å². The van der Waals surface area contributed by atoms with Gasteiger partial charge in [-0.1, -0.05) is 13.3 Å². The third-order valence-electron chi connectivity index (χ3n) is 1.76. The molecule has 0 radical (unpaired) electrons. The highest BCUT2D eigenvalue weighted by molar-refractivity contribution is 6.16. The second-order valence-corrected chi connectivity index (χ2v) is 3.32. The number of nitrogens with zero attached hydrogens (tertiary/aromatic N) is 1. The molecule has 1 aromatic rings. The summed E-state index contributed by atoms with van der Waals surface area (Å²) in [6.07, 6.45) is 3.96. The van der Waals surface area contributed by atoms with Gasteiger partial charge in [0, 0.05) is 6.61 Å². The molecule has 0 N–H and O–H groups in total. The normalized spacial score (nSPS) is 10.5. The Bertz CT molecular complexity index is 265. The molecule has 0 aliphatic heterocycles. The van der Waals surface area contributed by atoms with E-state index in [1.807, 2.05) is 0 Å². The van der Waals surface area contributed by atoms with Crippen molar-refractivity contribution in [2.75, 3.05) is 19.8 Å². The fraction of sp³-hybridized carbons (Fsp3) is 0.700. The molecule has 1 aromatic heterocycles. The first kappa shape index (κ1) is 12.3. The molecule has 1 rings (SSSR count). The van der Waals surface area contributed by atoms with Gasteiger partial charge in [-0.05, 0) is 6.42 Å². The predicted molar refractivity (Wildman–Crippen MR) is 57.3 cm³/mol. The van der Waals surface area contributed by atoms with Crippen LogP contribution in [0.4, 0.5) is 0 Å². The monoisotopic (exact) mass is 233 g/mol. The molecule has 0 aliphatic carbocycles. The lowest BCUT2D eigenvalue weighted by Gasteiger charge is -2.02. The highest BCUT2D eigenvalue weighted by Crippen LogP contribution is 2.11. The summed E-state index contributed by atoms with van der Waals surface area (Å²) < 4.78 is 15.5. The van der Waals surface area contributed by atoms with Crippen LogP contribution in [0.25, 0.3) is 0 Å². The molecule has 0 aromatic carbocycles. The average molecular weight is 234 g/mol. The third-order valence-corrected chi connectivity index (χ3v) is 2.04. The first-order chi connectivity index (χ1) is 7.36. The number of hydrogen-bond acceptors (Lipinski definition) is 4. The summed E-state index contributed by atoms with van der Waals surface area (Å²) >= 11 is 5.56. The Morgan fingerprint density at radius 2 is 2.27 bits per heavy atom. The number of oxazole rings is 1. The summed E-state index contributed by atoms with van der Waals surface area (Å²) in [5, 5.41) is 0. The van der Waals surface area contributed by atoms with Crippen LogP contribution < -0.4 is 4.74 Å². The molecule has 0 atom stereocenters. The Kier molecular flexibility index (Phi) is 6.20. The smallest absolute Gasteiger partial charge is 0.393 e. The second-order valence-electron chi connectivity index (χ2n) is 3.05. The molecule has 0 aliphatic rings. The highest BCUT2D eigenvalue weighted by atomic mass is 35.5. The van der Waals surface area contributed by atoms with Gasteiger partial charge in [-0.15, -0.1) is 11.6 Å². The van der Waals surface area contributed by atoms with E-state index in [0.717, 1.165) is 19.4 Å². The van der Waals surface area contributed by atoms with Crippen molar-refractivity contribution < 1.29 is 13.9 Å². The van der Waals surface area contributed by atoms with E-state index in [-0.39, 0.29) is 6.08 Å². The zero-order valence-electron chi connectivity index (χ0n) is 8.87. The molecule has 0 saturated carbocycles. The van der Waals surface area contributed by atoms with Gasteiger partial charge in [0.15, 0.2) is 0 Å². The van der Waals surface area contributed by atoms with Crippen LogP contribution >= 0.6 is 11.6 Å². The quantitative estimate of drug-likeness (QED) is 0.512. The van der Waals surface area contributed by atoms with Crippen molar-refractivity contribution in [2.45, 2.75) is 25.6 Å². The van der Waals surface area contributed by atoms with Crippen molar-refractivity contribution in [1.82, 2.24) is 4.98 Å². The summed E-state index contributed by atoms with van der Waals surface area (Å²) in [6, 6.07) is 0. The van der Waals surface area contributed by atoms with E-state index in [2.05, 4.69) is 11.9 Å². The highest BCUT2D eigenvalue weighted by Gasteiger charge is 2.02. The summed E-state index contributed by atoms with van der Waals surface area (Å²) in [5.41, 5.74) is 0.679. The second kappa shape index (κ2) is 7.54. The Morgan fingerprint density at radius 1 is 1.40 bits per heavy atom. The van der Waals surface area contributed by atoms with Crippen molar-refractivity contribution in [3.63, 3.8) is 0 Å². The number of ether oxygens (including phenoxy) is 2. The topological polar surface area (TPSA) is 44.5 Å². The van der Waals surface area contributed by atoms with Crippen LogP contribution in [0.1, 0.15) is 25.5 Å². The minimum atomic E-state index is 0.254. The summed E-state index contributed by atoms with van der Waals surface area (Å²) in [5.74, 6) is 0.333. The zero-order valence-corrected chi connectivity index (χ0v) is 9.63. The number of hydrogen-bond donors (Lipinski definition) is 0. The molecule has 4 nitrogen and oxygen atoms in total. The molecule has 0 spiro atoms. The maximum absolute atomic E-state index is 5.56. The van der Waals surface area contributed by atoms with Crippen LogP contribution in [-0.4, -0.2) is 24.8 Å².